The molecule has 0 atom stereocenters. The van der Waals surface area contributed by atoms with E-state index in [9.17, 15) is 0 Å². The van der Waals surface area contributed by atoms with Gasteiger partial charge >= 0.3 is 0 Å². The van der Waals surface area contributed by atoms with E-state index in [1.807, 2.05) is 0 Å². The Bertz CT molecular complexity index is 291. The fourth-order valence-corrected chi connectivity index (χ4v) is 1.80. The van der Waals surface area contributed by atoms with Gasteiger partial charge in [-0.2, -0.15) is 0 Å². The molecule has 10 heavy (non-hydrogen) atoms. The lowest BCUT2D eigenvalue weighted by atomic mass is 10.1. The Labute approximate surface area is 73.3 Å². The zero-order valence-corrected chi connectivity index (χ0v) is 7.50. The van der Waals surface area contributed by atoms with Gasteiger partial charge in [-0.05, 0) is 28.2 Å². The van der Waals surface area contributed by atoms with Crippen molar-refractivity contribution in [2.45, 2.75) is 6.54 Å². The second kappa shape index (κ2) is 2.34. The summed E-state index contributed by atoms with van der Waals surface area (Å²) in [5.41, 5.74) is 2.66. The van der Waals surface area contributed by atoms with Crippen LogP contribution in [-0.4, -0.2) is 3.72 Å². The minimum atomic E-state index is 0.869. The lowest BCUT2D eigenvalue weighted by Crippen LogP contribution is -1.85. The first-order chi connectivity index (χ1) is 4.88. The van der Waals surface area contributed by atoms with E-state index in [0.29, 0.717) is 0 Å². The molecule has 0 amide bonds. The first kappa shape index (κ1) is 6.34. The second-order valence-electron chi connectivity index (χ2n) is 2.26. The molecular formula is C8H6IN. The van der Waals surface area contributed by atoms with E-state index in [2.05, 4.69) is 51.8 Å². The van der Waals surface area contributed by atoms with Crippen molar-refractivity contribution in [3.05, 3.63) is 35.4 Å². The number of nitrogens with zero attached hydrogens (tertiary/aromatic N) is 1. The molecule has 0 aliphatic carbocycles. The topological polar surface area (TPSA) is 12.4 Å². The minimum Gasteiger partial charge on any atom is -0.273 e. The Balaban J connectivity index is 2.61. The predicted molar refractivity (Wildman–Crippen MR) is 50.7 cm³/mol. The van der Waals surface area contributed by atoms with Crippen LogP contribution in [0.25, 0.3) is 0 Å². The summed E-state index contributed by atoms with van der Waals surface area (Å²) < 4.78 is 1.15. The van der Waals surface area contributed by atoms with Gasteiger partial charge in [-0.3, -0.25) is 4.99 Å². The van der Waals surface area contributed by atoms with Crippen molar-refractivity contribution in [1.29, 1.82) is 0 Å². The average molecular weight is 243 g/mol. The van der Waals surface area contributed by atoms with Crippen LogP contribution in [0.2, 0.25) is 0 Å². The third-order valence-electron chi connectivity index (χ3n) is 1.63. The summed E-state index contributed by atoms with van der Waals surface area (Å²) in [5.74, 6) is 0. The molecule has 0 radical (unpaired) electrons. The number of hydrogen-bond donors (Lipinski definition) is 0. The van der Waals surface area contributed by atoms with Crippen LogP contribution in [0, 0.1) is 0 Å². The van der Waals surface area contributed by atoms with Crippen molar-refractivity contribution in [2.24, 2.45) is 4.99 Å². The molecular weight excluding hydrogens is 237 g/mol. The molecule has 2 rings (SSSR count). The Morgan fingerprint density at radius 2 is 2.10 bits per heavy atom. The zero-order chi connectivity index (χ0) is 6.97. The smallest absolute Gasteiger partial charge is 0.103 e. The van der Waals surface area contributed by atoms with Gasteiger partial charge in [0.1, 0.15) is 3.72 Å². The lowest BCUT2D eigenvalue weighted by molar-refractivity contribution is 1.11. The molecule has 0 saturated heterocycles. The quantitative estimate of drug-likeness (QED) is 0.620. The number of hydrogen-bond acceptors (Lipinski definition) is 1. The van der Waals surface area contributed by atoms with E-state index in [-0.39, 0.29) is 0 Å². The molecule has 0 unspecified atom stereocenters. The van der Waals surface area contributed by atoms with Crippen LogP contribution in [0.15, 0.2) is 29.3 Å². The van der Waals surface area contributed by atoms with Crippen LogP contribution in [-0.2, 0) is 6.54 Å². The van der Waals surface area contributed by atoms with Crippen molar-refractivity contribution in [3.8, 4) is 0 Å². The first-order valence-corrected chi connectivity index (χ1v) is 4.24. The van der Waals surface area contributed by atoms with Crippen LogP contribution >= 0.6 is 22.6 Å². The number of halogens is 1. The third-order valence-corrected chi connectivity index (χ3v) is 2.55. The van der Waals surface area contributed by atoms with E-state index in [0.717, 1.165) is 10.3 Å². The molecule has 0 saturated carbocycles. The summed E-state index contributed by atoms with van der Waals surface area (Å²) in [6.45, 7) is 0.869. The molecule has 0 aromatic heterocycles. The van der Waals surface area contributed by atoms with Gasteiger partial charge in [0.15, 0.2) is 0 Å². The van der Waals surface area contributed by atoms with E-state index in [1.54, 1.807) is 0 Å². The van der Waals surface area contributed by atoms with Crippen LogP contribution in [0.3, 0.4) is 0 Å². The first-order valence-electron chi connectivity index (χ1n) is 3.16. The van der Waals surface area contributed by atoms with Crippen LogP contribution in [0.1, 0.15) is 11.1 Å². The summed E-state index contributed by atoms with van der Waals surface area (Å²) >= 11 is 2.27. The Morgan fingerprint density at radius 1 is 1.30 bits per heavy atom. The standard InChI is InChI=1S/C8H6IN/c9-8-7-4-2-1-3-6(7)5-10-8/h1-4H,5H2. The van der Waals surface area contributed by atoms with Crippen molar-refractivity contribution in [3.63, 3.8) is 0 Å². The van der Waals surface area contributed by atoms with Crippen LogP contribution in [0.5, 0.6) is 0 Å². The Morgan fingerprint density at radius 3 is 2.90 bits per heavy atom. The monoisotopic (exact) mass is 243 g/mol. The third kappa shape index (κ3) is 0.868. The van der Waals surface area contributed by atoms with Gasteiger partial charge in [0.2, 0.25) is 0 Å². The minimum absolute atomic E-state index is 0.869. The molecule has 1 aliphatic rings. The zero-order valence-electron chi connectivity index (χ0n) is 5.34. The molecule has 0 bridgehead atoms. The molecule has 0 fully saturated rings. The maximum absolute atomic E-state index is 4.31. The molecule has 1 aromatic rings. The van der Waals surface area contributed by atoms with Crippen LogP contribution < -0.4 is 0 Å². The SMILES string of the molecule is IC1=NCc2ccccc21. The van der Waals surface area contributed by atoms with E-state index < -0.39 is 0 Å². The molecule has 1 heterocycles. The van der Waals surface area contributed by atoms with Gasteiger partial charge in [0.25, 0.3) is 0 Å². The van der Waals surface area contributed by atoms with E-state index in [4.69, 9.17) is 0 Å². The number of aliphatic imine (C=N–C) groups is 1. The van der Waals surface area contributed by atoms with Gasteiger partial charge < -0.3 is 0 Å². The fourth-order valence-electron chi connectivity index (χ4n) is 1.10. The van der Waals surface area contributed by atoms with Crippen LogP contribution in [0.4, 0.5) is 0 Å². The summed E-state index contributed by atoms with van der Waals surface area (Å²) in [7, 11) is 0. The number of benzene rings is 1. The number of fused-ring (bicyclic) bond motifs is 1. The van der Waals surface area contributed by atoms with Gasteiger partial charge in [-0.25, -0.2) is 0 Å². The van der Waals surface area contributed by atoms with Crippen molar-refractivity contribution in [2.75, 3.05) is 0 Å². The molecule has 2 heteroatoms. The lowest BCUT2D eigenvalue weighted by Gasteiger charge is -1.93. The highest BCUT2D eigenvalue weighted by Crippen LogP contribution is 2.21. The Hall–Kier alpha value is -0.380. The highest BCUT2D eigenvalue weighted by Gasteiger charge is 2.10. The van der Waals surface area contributed by atoms with E-state index in [1.165, 1.54) is 11.1 Å². The maximum atomic E-state index is 4.31. The van der Waals surface area contributed by atoms with Gasteiger partial charge in [0, 0.05) is 5.56 Å². The summed E-state index contributed by atoms with van der Waals surface area (Å²) in [5, 5.41) is 0. The normalized spacial score (nSPS) is 14.7. The predicted octanol–water partition coefficient (Wildman–Crippen LogP) is 2.38. The summed E-state index contributed by atoms with van der Waals surface area (Å²) in [6, 6.07) is 8.36. The highest BCUT2D eigenvalue weighted by molar-refractivity contribution is 14.1. The van der Waals surface area contributed by atoms with Crippen molar-refractivity contribution in [1.82, 2.24) is 0 Å². The van der Waals surface area contributed by atoms with Gasteiger partial charge in [-0.15, -0.1) is 0 Å². The second-order valence-corrected chi connectivity index (χ2v) is 3.29. The average Bonchev–Trinajstić information content (AvgIpc) is 2.34. The molecule has 1 aromatic carbocycles. The summed E-state index contributed by atoms with van der Waals surface area (Å²) in [6.07, 6.45) is 0. The molecule has 50 valence electrons. The molecule has 1 nitrogen and oxygen atoms in total. The maximum Gasteiger partial charge on any atom is 0.103 e. The van der Waals surface area contributed by atoms with E-state index >= 15 is 0 Å². The molecule has 0 spiro atoms. The highest BCUT2D eigenvalue weighted by atomic mass is 127. The fraction of sp³-hybridized carbons (Fsp3) is 0.125. The van der Waals surface area contributed by atoms with Gasteiger partial charge in [0.05, 0.1) is 6.54 Å². The molecule has 1 aliphatic heterocycles. The van der Waals surface area contributed by atoms with Crippen molar-refractivity contribution >= 4 is 26.3 Å². The largest absolute Gasteiger partial charge is 0.273 e. The van der Waals surface area contributed by atoms with Gasteiger partial charge in [-0.1, -0.05) is 24.3 Å². The summed E-state index contributed by atoms with van der Waals surface area (Å²) in [4.78, 5) is 4.31. The number of rotatable bonds is 0. The Kier molecular flexibility index (Phi) is 1.48. The molecule has 0 N–H and O–H groups in total. The van der Waals surface area contributed by atoms with Crippen molar-refractivity contribution < 1.29 is 0 Å².